The maximum Gasteiger partial charge on any atom is 0.275 e. The van der Waals surface area contributed by atoms with Crippen molar-refractivity contribution in [1.29, 1.82) is 0 Å². The summed E-state index contributed by atoms with van der Waals surface area (Å²) in [5.74, 6) is -0.254. The molecule has 0 spiro atoms. The molecule has 2 heterocycles. The zero-order valence-corrected chi connectivity index (χ0v) is 18.5. The van der Waals surface area contributed by atoms with E-state index >= 15 is 0 Å². The van der Waals surface area contributed by atoms with Gasteiger partial charge in [0.05, 0.1) is 27.3 Å². The van der Waals surface area contributed by atoms with E-state index in [0.29, 0.717) is 25.0 Å². The summed E-state index contributed by atoms with van der Waals surface area (Å²) in [6.45, 7) is 0. The zero-order valence-electron chi connectivity index (χ0n) is 14.5. The van der Waals surface area contributed by atoms with Crippen LogP contribution in [-0.4, -0.2) is 27.2 Å². The number of halogens is 2. The molecule has 0 atom stereocenters. The van der Waals surface area contributed by atoms with Crippen molar-refractivity contribution in [3.63, 3.8) is 0 Å². The number of para-hydroxylation sites is 2. The van der Waals surface area contributed by atoms with Crippen LogP contribution in [-0.2, 0) is 0 Å². The Balaban J connectivity index is 1.41. The van der Waals surface area contributed by atoms with Crippen LogP contribution < -0.4 is 5.43 Å². The van der Waals surface area contributed by atoms with Crippen molar-refractivity contribution in [1.82, 2.24) is 15.4 Å². The molecule has 0 unspecified atom stereocenters. The second-order valence-corrected chi connectivity index (χ2v) is 8.56. The highest BCUT2D eigenvalue weighted by Gasteiger charge is 2.14. The summed E-state index contributed by atoms with van der Waals surface area (Å²) < 4.78 is 6.72. The van der Waals surface area contributed by atoms with Crippen LogP contribution in [0.2, 0.25) is 0 Å². The predicted molar refractivity (Wildman–Crippen MR) is 117 cm³/mol. The number of nitrogens with zero attached hydrogens (tertiary/aromatic N) is 2. The fourth-order valence-electron chi connectivity index (χ4n) is 2.49. The number of hydrogen-bond acceptors (Lipinski definition) is 6. The van der Waals surface area contributed by atoms with Gasteiger partial charge in [0.15, 0.2) is 10.2 Å². The first kappa shape index (κ1) is 19.7. The molecule has 0 aliphatic heterocycles. The number of aromatic nitrogens is 2. The van der Waals surface area contributed by atoms with Crippen LogP contribution in [0.5, 0.6) is 5.75 Å². The van der Waals surface area contributed by atoms with Gasteiger partial charge in [-0.1, -0.05) is 28.1 Å². The second kappa shape index (κ2) is 8.44. The number of H-pyrrole nitrogens is 1. The Kier molecular flexibility index (Phi) is 5.74. The Bertz CT molecular complexity index is 1200. The van der Waals surface area contributed by atoms with Crippen LogP contribution in [0.3, 0.4) is 0 Å². The van der Waals surface area contributed by atoms with Gasteiger partial charge >= 0.3 is 0 Å². The Morgan fingerprint density at radius 2 is 2.07 bits per heavy atom. The molecular formula is C19H12Br2N4O3S. The minimum absolute atomic E-state index is 0.0870. The molecule has 7 nitrogen and oxygen atoms in total. The molecule has 0 saturated carbocycles. The molecule has 29 heavy (non-hydrogen) atoms. The summed E-state index contributed by atoms with van der Waals surface area (Å²) in [5.41, 5.74) is 4.29. The first-order chi connectivity index (χ1) is 14.0. The van der Waals surface area contributed by atoms with Gasteiger partial charge in [-0.2, -0.15) is 5.10 Å². The van der Waals surface area contributed by atoms with Crippen LogP contribution in [0.1, 0.15) is 16.1 Å². The van der Waals surface area contributed by atoms with Gasteiger partial charge in [0.1, 0.15) is 11.5 Å². The number of benzene rings is 2. The lowest BCUT2D eigenvalue weighted by molar-refractivity contribution is 0.0952. The predicted octanol–water partition coefficient (Wildman–Crippen LogP) is 5.30. The van der Waals surface area contributed by atoms with Gasteiger partial charge in [0.25, 0.3) is 5.91 Å². The molecule has 10 heteroatoms. The van der Waals surface area contributed by atoms with Crippen LogP contribution in [0.25, 0.3) is 11.0 Å². The number of imidazole rings is 1. The molecule has 0 aliphatic rings. The molecule has 1 amide bonds. The minimum atomic E-state index is -0.552. The highest BCUT2D eigenvalue weighted by molar-refractivity contribution is 9.11. The normalized spacial score (nSPS) is 11.4. The van der Waals surface area contributed by atoms with Gasteiger partial charge < -0.3 is 14.5 Å². The van der Waals surface area contributed by atoms with E-state index in [2.05, 4.69) is 52.4 Å². The monoisotopic (exact) mass is 534 g/mol. The highest BCUT2D eigenvalue weighted by Crippen LogP contribution is 2.31. The van der Waals surface area contributed by atoms with Crippen molar-refractivity contribution in [2.24, 2.45) is 5.10 Å². The summed E-state index contributed by atoms with van der Waals surface area (Å²) in [4.78, 5) is 19.9. The molecule has 0 saturated heterocycles. The van der Waals surface area contributed by atoms with Gasteiger partial charge in [-0.25, -0.2) is 10.4 Å². The van der Waals surface area contributed by atoms with E-state index in [1.165, 1.54) is 24.0 Å². The Labute approximate surface area is 185 Å². The molecule has 0 fully saturated rings. The van der Waals surface area contributed by atoms with Gasteiger partial charge in [-0.3, -0.25) is 4.79 Å². The fourth-order valence-corrected chi connectivity index (χ4v) is 4.48. The number of phenolic OH excluding ortho intramolecular Hbond substituents is 1. The number of aromatic hydroxyl groups is 1. The summed E-state index contributed by atoms with van der Waals surface area (Å²) in [6, 6.07) is 14.4. The molecular weight excluding hydrogens is 524 g/mol. The average Bonchev–Trinajstić information content (AvgIpc) is 3.30. The number of hydrazone groups is 1. The van der Waals surface area contributed by atoms with Crippen molar-refractivity contribution in [3.8, 4) is 5.75 Å². The first-order valence-corrected chi connectivity index (χ1v) is 10.6. The molecule has 2 aromatic heterocycles. The van der Waals surface area contributed by atoms with E-state index in [-0.39, 0.29) is 11.3 Å². The number of hydrogen-bond donors (Lipinski definition) is 3. The topological polar surface area (TPSA) is 104 Å². The minimum Gasteiger partial charge on any atom is -0.506 e. The standard InChI is InChI=1S/C19H12Br2N4O3S/c20-10-7-12(17(26)13(21)8-10)18(27)25-22-9-11-5-6-16(28-11)29-19-23-14-3-1-2-4-15(14)24-19/h1-9,26H,(H,23,24)(H,25,27)/b22-9-. The van der Waals surface area contributed by atoms with Gasteiger partial charge in [0.2, 0.25) is 0 Å². The van der Waals surface area contributed by atoms with Gasteiger partial charge in [-0.05, 0) is 64.1 Å². The maximum absolute atomic E-state index is 12.2. The summed E-state index contributed by atoms with van der Waals surface area (Å²) >= 11 is 7.81. The van der Waals surface area contributed by atoms with Crippen molar-refractivity contribution in [2.75, 3.05) is 0 Å². The average molecular weight is 536 g/mol. The number of furan rings is 1. The highest BCUT2D eigenvalue weighted by atomic mass is 79.9. The third-order valence-corrected chi connectivity index (χ3v) is 5.67. The lowest BCUT2D eigenvalue weighted by Gasteiger charge is -2.05. The fraction of sp³-hybridized carbons (Fsp3) is 0. The van der Waals surface area contributed by atoms with Crippen molar-refractivity contribution >= 4 is 66.8 Å². The number of fused-ring (bicyclic) bond motifs is 1. The van der Waals surface area contributed by atoms with Crippen LogP contribution >= 0.6 is 43.6 Å². The van der Waals surface area contributed by atoms with Gasteiger partial charge in [-0.15, -0.1) is 0 Å². The quantitative estimate of drug-likeness (QED) is 0.237. The lowest BCUT2D eigenvalue weighted by atomic mass is 10.2. The smallest absolute Gasteiger partial charge is 0.275 e. The summed E-state index contributed by atoms with van der Waals surface area (Å²) in [6.07, 6.45) is 1.38. The molecule has 0 bridgehead atoms. The molecule has 0 radical (unpaired) electrons. The van der Waals surface area contributed by atoms with E-state index < -0.39 is 5.91 Å². The van der Waals surface area contributed by atoms with E-state index in [4.69, 9.17) is 4.42 Å². The number of phenols is 1. The van der Waals surface area contributed by atoms with E-state index in [1.54, 1.807) is 18.2 Å². The lowest BCUT2D eigenvalue weighted by Crippen LogP contribution is -2.17. The molecule has 2 aromatic carbocycles. The van der Waals surface area contributed by atoms with E-state index in [1.807, 2.05) is 24.3 Å². The third-order valence-electron chi connectivity index (χ3n) is 3.80. The number of amides is 1. The number of nitrogens with one attached hydrogen (secondary N) is 2. The number of carbonyl (C=O) groups excluding carboxylic acids is 1. The van der Waals surface area contributed by atoms with Crippen molar-refractivity contribution in [3.05, 3.63) is 68.8 Å². The second-order valence-electron chi connectivity index (χ2n) is 5.80. The van der Waals surface area contributed by atoms with Crippen LogP contribution in [0.15, 0.2) is 77.2 Å². The largest absolute Gasteiger partial charge is 0.506 e. The summed E-state index contributed by atoms with van der Waals surface area (Å²) in [7, 11) is 0. The summed E-state index contributed by atoms with van der Waals surface area (Å²) in [5, 5.41) is 15.2. The van der Waals surface area contributed by atoms with E-state index in [0.717, 1.165) is 11.0 Å². The van der Waals surface area contributed by atoms with Crippen LogP contribution in [0.4, 0.5) is 0 Å². The first-order valence-electron chi connectivity index (χ1n) is 8.23. The SMILES string of the molecule is O=C(N/N=C\c1ccc(Sc2nc3ccccc3[nH]2)o1)c1cc(Br)cc(Br)c1O. The Hall–Kier alpha value is -2.56. The zero-order chi connectivity index (χ0) is 20.4. The third kappa shape index (κ3) is 4.55. The molecule has 3 N–H and O–H groups in total. The Morgan fingerprint density at radius 1 is 1.24 bits per heavy atom. The van der Waals surface area contributed by atoms with Crippen LogP contribution in [0, 0.1) is 0 Å². The molecule has 4 rings (SSSR count). The number of rotatable bonds is 5. The molecule has 4 aromatic rings. The molecule has 0 aliphatic carbocycles. The van der Waals surface area contributed by atoms with Crippen molar-refractivity contribution < 1.29 is 14.3 Å². The molecule has 146 valence electrons. The van der Waals surface area contributed by atoms with E-state index in [9.17, 15) is 9.90 Å². The maximum atomic E-state index is 12.2. The number of aromatic amines is 1. The number of carbonyl (C=O) groups is 1. The Morgan fingerprint density at radius 3 is 2.90 bits per heavy atom. The van der Waals surface area contributed by atoms with Gasteiger partial charge in [0, 0.05) is 4.47 Å². The van der Waals surface area contributed by atoms with Crippen molar-refractivity contribution in [2.45, 2.75) is 10.2 Å².